The number of hydrogen-bond donors (Lipinski definition) is 2. The lowest BCUT2D eigenvalue weighted by atomic mass is 10.2. The second kappa shape index (κ2) is 7.12. The van der Waals surface area contributed by atoms with Crippen LogP contribution in [0.4, 0.5) is 11.4 Å². The molecule has 0 atom stereocenters. The van der Waals surface area contributed by atoms with Gasteiger partial charge in [-0.05, 0) is 38.1 Å². The average molecular weight is 342 g/mol. The van der Waals surface area contributed by atoms with Crippen LogP contribution in [0.15, 0.2) is 42.5 Å². The number of ether oxygens (including phenoxy) is 3. The third-order valence-electron chi connectivity index (χ3n) is 3.33. The first-order chi connectivity index (χ1) is 12.0. The van der Waals surface area contributed by atoms with Gasteiger partial charge in [-0.2, -0.15) is 0 Å². The van der Waals surface area contributed by atoms with Gasteiger partial charge in [0.1, 0.15) is 5.75 Å². The normalized spacial score (nSPS) is 12.0. The van der Waals surface area contributed by atoms with Gasteiger partial charge in [-0.3, -0.25) is 9.59 Å². The monoisotopic (exact) mass is 342 g/mol. The highest BCUT2D eigenvalue weighted by molar-refractivity contribution is 6.43. The van der Waals surface area contributed by atoms with Crippen LogP contribution in [0.3, 0.4) is 0 Å². The van der Waals surface area contributed by atoms with E-state index in [0.717, 1.165) is 0 Å². The number of amides is 2. The second-order valence-corrected chi connectivity index (χ2v) is 5.64. The third-order valence-corrected chi connectivity index (χ3v) is 3.33. The van der Waals surface area contributed by atoms with E-state index in [9.17, 15) is 9.59 Å². The second-order valence-electron chi connectivity index (χ2n) is 5.64. The molecule has 0 aromatic heterocycles. The van der Waals surface area contributed by atoms with Crippen LogP contribution in [-0.4, -0.2) is 24.7 Å². The van der Waals surface area contributed by atoms with Crippen molar-refractivity contribution < 1.29 is 23.8 Å². The average Bonchev–Trinajstić information content (AvgIpc) is 3.03. The number of benzene rings is 2. The highest BCUT2D eigenvalue weighted by atomic mass is 16.7. The Balaban J connectivity index is 1.66. The lowest BCUT2D eigenvalue weighted by molar-refractivity contribution is -0.133. The number of para-hydroxylation sites is 2. The van der Waals surface area contributed by atoms with Crippen molar-refractivity contribution in [3.05, 3.63) is 42.5 Å². The first kappa shape index (κ1) is 16.6. The smallest absolute Gasteiger partial charge is 0.314 e. The summed E-state index contributed by atoms with van der Waals surface area (Å²) < 4.78 is 16.1. The Labute approximate surface area is 144 Å². The maximum Gasteiger partial charge on any atom is 0.314 e. The molecule has 7 heteroatoms. The summed E-state index contributed by atoms with van der Waals surface area (Å²) in [5, 5.41) is 5.08. The molecule has 1 aliphatic heterocycles. The van der Waals surface area contributed by atoms with Gasteiger partial charge in [-0.15, -0.1) is 0 Å². The van der Waals surface area contributed by atoms with Crippen LogP contribution in [-0.2, 0) is 9.59 Å². The third kappa shape index (κ3) is 4.00. The first-order valence-electron chi connectivity index (χ1n) is 7.80. The van der Waals surface area contributed by atoms with E-state index >= 15 is 0 Å². The van der Waals surface area contributed by atoms with Gasteiger partial charge in [0, 0.05) is 11.8 Å². The van der Waals surface area contributed by atoms with Gasteiger partial charge >= 0.3 is 11.8 Å². The molecule has 0 radical (unpaired) electrons. The summed E-state index contributed by atoms with van der Waals surface area (Å²) in [6.45, 7) is 3.90. The van der Waals surface area contributed by atoms with Crippen LogP contribution in [0.25, 0.3) is 0 Å². The molecule has 0 bridgehead atoms. The van der Waals surface area contributed by atoms with Crippen LogP contribution >= 0.6 is 0 Å². The Morgan fingerprint density at radius 2 is 1.72 bits per heavy atom. The van der Waals surface area contributed by atoms with Crippen molar-refractivity contribution in [2.24, 2.45) is 0 Å². The van der Waals surface area contributed by atoms with E-state index in [4.69, 9.17) is 14.2 Å². The number of anilines is 2. The molecule has 0 saturated heterocycles. The van der Waals surface area contributed by atoms with Gasteiger partial charge in [0.05, 0.1) is 11.8 Å². The summed E-state index contributed by atoms with van der Waals surface area (Å²) in [6.07, 6.45) is -0.0551. The number of nitrogens with one attached hydrogen (secondary N) is 2. The minimum absolute atomic E-state index is 0.0551. The highest BCUT2D eigenvalue weighted by Gasteiger charge is 2.18. The largest absolute Gasteiger partial charge is 0.489 e. The molecule has 25 heavy (non-hydrogen) atoms. The summed E-state index contributed by atoms with van der Waals surface area (Å²) >= 11 is 0. The molecule has 0 fully saturated rings. The van der Waals surface area contributed by atoms with Crippen molar-refractivity contribution >= 4 is 23.2 Å². The Hall–Kier alpha value is -3.22. The summed E-state index contributed by atoms with van der Waals surface area (Å²) in [4.78, 5) is 24.3. The van der Waals surface area contributed by atoms with E-state index in [-0.39, 0.29) is 12.9 Å². The Morgan fingerprint density at radius 1 is 1.00 bits per heavy atom. The predicted octanol–water partition coefficient (Wildman–Crippen LogP) is 2.78. The zero-order valence-corrected chi connectivity index (χ0v) is 13.9. The molecule has 7 nitrogen and oxygen atoms in total. The zero-order chi connectivity index (χ0) is 17.8. The fourth-order valence-electron chi connectivity index (χ4n) is 2.27. The van der Waals surface area contributed by atoms with Crippen molar-refractivity contribution in [1.29, 1.82) is 0 Å². The molecular formula is C18H18N2O5. The van der Waals surface area contributed by atoms with Gasteiger partial charge in [-0.25, -0.2) is 0 Å². The lowest BCUT2D eigenvalue weighted by Crippen LogP contribution is -2.29. The van der Waals surface area contributed by atoms with Crippen molar-refractivity contribution in [3.63, 3.8) is 0 Å². The molecule has 1 aliphatic rings. The maximum atomic E-state index is 12.2. The van der Waals surface area contributed by atoms with Gasteiger partial charge in [0.2, 0.25) is 6.79 Å². The molecule has 0 spiro atoms. The number of fused-ring (bicyclic) bond motifs is 1. The van der Waals surface area contributed by atoms with E-state index in [0.29, 0.717) is 28.6 Å². The maximum absolute atomic E-state index is 12.2. The summed E-state index contributed by atoms with van der Waals surface area (Å²) in [5.74, 6) is 0.0357. The van der Waals surface area contributed by atoms with Crippen LogP contribution in [0.1, 0.15) is 13.8 Å². The highest BCUT2D eigenvalue weighted by Crippen LogP contribution is 2.34. The molecule has 1 heterocycles. The van der Waals surface area contributed by atoms with E-state index in [1.54, 1.807) is 42.5 Å². The van der Waals surface area contributed by atoms with Crippen LogP contribution in [0.5, 0.6) is 17.2 Å². The topological polar surface area (TPSA) is 85.9 Å². The molecule has 3 rings (SSSR count). The van der Waals surface area contributed by atoms with Crippen LogP contribution in [0, 0.1) is 0 Å². The molecule has 2 amide bonds. The number of carbonyl (C=O) groups is 2. The molecule has 0 saturated carbocycles. The van der Waals surface area contributed by atoms with E-state index in [1.807, 2.05) is 13.8 Å². The van der Waals surface area contributed by atoms with Crippen LogP contribution < -0.4 is 24.8 Å². The van der Waals surface area contributed by atoms with Crippen LogP contribution in [0.2, 0.25) is 0 Å². The molecule has 2 aromatic rings. The Bertz CT molecular complexity index is 804. The molecular weight excluding hydrogens is 324 g/mol. The van der Waals surface area contributed by atoms with Crippen molar-refractivity contribution in [1.82, 2.24) is 0 Å². The van der Waals surface area contributed by atoms with E-state index < -0.39 is 11.8 Å². The number of hydrogen-bond acceptors (Lipinski definition) is 5. The Morgan fingerprint density at radius 3 is 2.52 bits per heavy atom. The number of carbonyl (C=O) groups excluding carboxylic acids is 2. The number of rotatable bonds is 4. The quantitative estimate of drug-likeness (QED) is 0.835. The van der Waals surface area contributed by atoms with Gasteiger partial charge in [0.25, 0.3) is 0 Å². The fraction of sp³-hybridized carbons (Fsp3) is 0.222. The standard InChI is InChI=1S/C18H18N2O5/c1-11(2)25-14-6-4-3-5-13(14)20-18(22)17(21)19-12-7-8-15-16(9-12)24-10-23-15/h3-9,11H,10H2,1-2H3,(H,19,21)(H,20,22). The predicted molar refractivity (Wildman–Crippen MR) is 92.0 cm³/mol. The first-order valence-corrected chi connectivity index (χ1v) is 7.80. The summed E-state index contributed by atoms with van der Waals surface area (Å²) in [5.41, 5.74) is 0.873. The van der Waals surface area contributed by atoms with Crippen molar-refractivity contribution in [2.75, 3.05) is 17.4 Å². The van der Waals surface area contributed by atoms with Crippen molar-refractivity contribution in [2.45, 2.75) is 20.0 Å². The van der Waals surface area contributed by atoms with Gasteiger partial charge in [-0.1, -0.05) is 12.1 Å². The van der Waals surface area contributed by atoms with E-state index in [2.05, 4.69) is 10.6 Å². The van der Waals surface area contributed by atoms with E-state index in [1.165, 1.54) is 0 Å². The lowest BCUT2D eigenvalue weighted by Gasteiger charge is -2.14. The fourth-order valence-corrected chi connectivity index (χ4v) is 2.27. The molecule has 0 unspecified atom stereocenters. The molecule has 2 aromatic carbocycles. The van der Waals surface area contributed by atoms with Gasteiger partial charge in [0.15, 0.2) is 11.5 Å². The minimum Gasteiger partial charge on any atom is -0.489 e. The minimum atomic E-state index is -0.794. The van der Waals surface area contributed by atoms with Gasteiger partial charge < -0.3 is 24.8 Å². The summed E-state index contributed by atoms with van der Waals surface area (Å²) in [6, 6.07) is 11.8. The summed E-state index contributed by atoms with van der Waals surface area (Å²) in [7, 11) is 0. The molecule has 0 aliphatic carbocycles. The molecule has 130 valence electrons. The SMILES string of the molecule is CC(C)Oc1ccccc1NC(=O)C(=O)Nc1ccc2c(c1)OCO2. The zero-order valence-electron chi connectivity index (χ0n) is 13.9. The molecule has 2 N–H and O–H groups in total. The Kier molecular flexibility index (Phi) is 4.74. The van der Waals surface area contributed by atoms with Crippen molar-refractivity contribution in [3.8, 4) is 17.2 Å².